The molecule has 0 unspecified atom stereocenters. The highest BCUT2D eigenvalue weighted by atomic mass is 35.5. The van der Waals surface area contributed by atoms with Crippen molar-refractivity contribution in [2.24, 2.45) is 0 Å². The number of nitrogens with zero attached hydrogens (tertiary/aromatic N) is 3. The Morgan fingerprint density at radius 1 is 1.10 bits per heavy atom. The van der Waals surface area contributed by atoms with Gasteiger partial charge in [-0.2, -0.15) is 0 Å². The molecular weight excluding hydrogens is 422 g/mol. The van der Waals surface area contributed by atoms with Crippen LogP contribution in [0.2, 0.25) is 5.02 Å². The Labute approximate surface area is 182 Å². The summed E-state index contributed by atoms with van der Waals surface area (Å²) in [5.41, 5.74) is 2.02. The summed E-state index contributed by atoms with van der Waals surface area (Å²) in [5, 5.41) is 1.11. The van der Waals surface area contributed by atoms with Gasteiger partial charge < -0.3 is 9.47 Å². The third-order valence-electron chi connectivity index (χ3n) is 4.53. The Bertz CT molecular complexity index is 1200. The van der Waals surface area contributed by atoms with Gasteiger partial charge in [-0.05, 0) is 42.0 Å². The average Bonchev–Trinajstić information content (AvgIpc) is 3.22. The Balaban J connectivity index is 1.78. The predicted molar refractivity (Wildman–Crippen MR) is 119 cm³/mol. The number of thiazole rings is 1. The molecule has 4 rings (SSSR count). The number of ether oxygens (including phenoxy) is 2. The van der Waals surface area contributed by atoms with E-state index in [0.717, 1.165) is 10.3 Å². The first-order valence-electron chi connectivity index (χ1n) is 9.08. The summed E-state index contributed by atoms with van der Waals surface area (Å²) < 4.78 is 11.6. The molecular formula is C22H18ClN3O3S. The molecule has 0 spiro atoms. The zero-order valence-electron chi connectivity index (χ0n) is 16.3. The normalized spacial score (nSPS) is 10.8. The molecule has 0 radical (unpaired) electrons. The van der Waals surface area contributed by atoms with Gasteiger partial charge in [0.2, 0.25) is 0 Å². The fraction of sp³-hybridized carbons (Fsp3) is 0.136. The number of benzene rings is 2. The minimum atomic E-state index is -0.213. The number of carbonyl (C=O) groups is 1. The smallest absolute Gasteiger partial charge is 0.260 e. The van der Waals surface area contributed by atoms with Gasteiger partial charge in [0.1, 0.15) is 5.52 Å². The van der Waals surface area contributed by atoms with E-state index in [2.05, 4.69) is 9.97 Å². The van der Waals surface area contributed by atoms with Crippen LogP contribution in [-0.2, 0) is 6.54 Å². The molecule has 6 nitrogen and oxygen atoms in total. The van der Waals surface area contributed by atoms with Crippen LogP contribution in [-0.4, -0.2) is 30.1 Å². The van der Waals surface area contributed by atoms with Gasteiger partial charge in [0.25, 0.3) is 5.91 Å². The number of halogens is 1. The average molecular weight is 440 g/mol. The molecule has 2 aromatic carbocycles. The fourth-order valence-electron chi connectivity index (χ4n) is 3.04. The molecule has 0 fully saturated rings. The van der Waals surface area contributed by atoms with Crippen LogP contribution in [0, 0.1) is 0 Å². The van der Waals surface area contributed by atoms with Crippen LogP contribution in [0.3, 0.4) is 0 Å². The molecule has 152 valence electrons. The molecule has 8 heteroatoms. The van der Waals surface area contributed by atoms with Crippen LogP contribution in [0.4, 0.5) is 5.13 Å². The van der Waals surface area contributed by atoms with Crippen molar-refractivity contribution in [2.45, 2.75) is 6.54 Å². The van der Waals surface area contributed by atoms with Gasteiger partial charge in [-0.15, -0.1) is 0 Å². The van der Waals surface area contributed by atoms with Crippen molar-refractivity contribution in [2.75, 3.05) is 19.1 Å². The number of aromatic nitrogens is 2. The maximum absolute atomic E-state index is 13.5. The zero-order valence-corrected chi connectivity index (χ0v) is 17.9. The highest BCUT2D eigenvalue weighted by Gasteiger charge is 2.23. The number of fused-ring (bicyclic) bond motifs is 1. The number of amides is 1. The van der Waals surface area contributed by atoms with Crippen molar-refractivity contribution in [3.63, 3.8) is 0 Å². The van der Waals surface area contributed by atoms with Crippen LogP contribution in [0.1, 0.15) is 15.9 Å². The maximum atomic E-state index is 13.5. The highest BCUT2D eigenvalue weighted by Crippen LogP contribution is 2.35. The first-order valence-corrected chi connectivity index (χ1v) is 10.3. The third kappa shape index (κ3) is 3.94. The van der Waals surface area contributed by atoms with Crippen molar-refractivity contribution >= 4 is 44.2 Å². The maximum Gasteiger partial charge on any atom is 0.260 e. The third-order valence-corrected chi connectivity index (χ3v) is 5.88. The van der Waals surface area contributed by atoms with Crippen molar-refractivity contribution in [1.29, 1.82) is 0 Å². The van der Waals surface area contributed by atoms with E-state index in [1.165, 1.54) is 18.4 Å². The molecule has 2 aromatic heterocycles. The minimum absolute atomic E-state index is 0.213. The van der Waals surface area contributed by atoms with E-state index in [1.807, 2.05) is 24.3 Å². The molecule has 0 atom stereocenters. The number of anilines is 1. The second-order valence-electron chi connectivity index (χ2n) is 6.41. The first kappa shape index (κ1) is 20.1. The topological polar surface area (TPSA) is 64.5 Å². The summed E-state index contributed by atoms with van der Waals surface area (Å²) in [5.74, 6) is 0.826. The highest BCUT2D eigenvalue weighted by molar-refractivity contribution is 7.22. The molecule has 30 heavy (non-hydrogen) atoms. The predicted octanol–water partition coefficient (Wildman–Crippen LogP) is 5.21. The summed E-state index contributed by atoms with van der Waals surface area (Å²) >= 11 is 7.72. The van der Waals surface area contributed by atoms with E-state index in [-0.39, 0.29) is 5.91 Å². The van der Waals surface area contributed by atoms with Gasteiger partial charge in [0.05, 0.1) is 30.5 Å². The molecule has 0 aliphatic heterocycles. The van der Waals surface area contributed by atoms with E-state index in [0.29, 0.717) is 39.3 Å². The summed E-state index contributed by atoms with van der Waals surface area (Å²) in [6, 6.07) is 14.4. The molecule has 1 amide bonds. The lowest BCUT2D eigenvalue weighted by atomic mass is 10.1. The zero-order chi connectivity index (χ0) is 21.1. The molecule has 4 aromatic rings. The second-order valence-corrected chi connectivity index (χ2v) is 7.82. The molecule has 0 saturated heterocycles. The van der Waals surface area contributed by atoms with Crippen molar-refractivity contribution < 1.29 is 14.3 Å². The molecule has 0 N–H and O–H groups in total. The van der Waals surface area contributed by atoms with Crippen LogP contribution in [0.5, 0.6) is 11.5 Å². The number of carbonyl (C=O) groups excluding carboxylic acids is 1. The summed E-state index contributed by atoms with van der Waals surface area (Å²) in [6.45, 7) is 0.318. The standard InChI is InChI=1S/C22H18ClN3O3S/c1-28-17-9-8-15(11-18(17)29-2)21(27)26(13-14-5-4-10-24-12-14)22-25-20-16(23)6-3-7-19(20)30-22/h3-12H,13H2,1-2H3. The number of para-hydroxylation sites is 1. The summed E-state index contributed by atoms with van der Waals surface area (Å²) in [6.07, 6.45) is 3.43. The van der Waals surface area contributed by atoms with E-state index in [9.17, 15) is 4.79 Å². The van der Waals surface area contributed by atoms with Crippen LogP contribution >= 0.6 is 22.9 Å². The Kier molecular flexibility index (Phi) is 5.83. The Morgan fingerprint density at radius 2 is 1.93 bits per heavy atom. The lowest BCUT2D eigenvalue weighted by Crippen LogP contribution is -2.30. The van der Waals surface area contributed by atoms with Gasteiger partial charge in [0, 0.05) is 18.0 Å². The monoisotopic (exact) mass is 439 g/mol. The number of rotatable bonds is 6. The van der Waals surface area contributed by atoms with Crippen LogP contribution in [0.25, 0.3) is 10.2 Å². The van der Waals surface area contributed by atoms with Gasteiger partial charge in [-0.25, -0.2) is 4.98 Å². The summed E-state index contributed by atoms with van der Waals surface area (Å²) in [4.78, 5) is 24.0. The lowest BCUT2D eigenvalue weighted by Gasteiger charge is -2.20. The van der Waals surface area contributed by atoms with Crippen LogP contribution in [0.15, 0.2) is 60.9 Å². The van der Waals surface area contributed by atoms with E-state index in [4.69, 9.17) is 21.1 Å². The molecule has 0 aliphatic rings. The minimum Gasteiger partial charge on any atom is -0.493 e. The Morgan fingerprint density at radius 3 is 2.63 bits per heavy atom. The van der Waals surface area contributed by atoms with Gasteiger partial charge in [-0.3, -0.25) is 14.7 Å². The van der Waals surface area contributed by atoms with Crippen LogP contribution < -0.4 is 14.4 Å². The van der Waals surface area contributed by atoms with E-state index < -0.39 is 0 Å². The van der Waals surface area contributed by atoms with Gasteiger partial charge >= 0.3 is 0 Å². The van der Waals surface area contributed by atoms with Crippen molar-refractivity contribution in [3.8, 4) is 11.5 Å². The number of hydrogen-bond donors (Lipinski definition) is 0. The van der Waals surface area contributed by atoms with Crippen molar-refractivity contribution in [3.05, 3.63) is 77.1 Å². The molecule has 2 heterocycles. The van der Waals surface area contributed by atoms with Gasteiger partial charge in [-0.1, -0.05) is 35.1 Å². The molecule has 0 bridgehead atoms. The largest absolute Gasteiger partial charge is 0.493 e. The van der Waals surface area contributed by atoms with E-state index in [1.54, 1.807) is 48.7 Å². The number of pyridine rings is 1. The lowest BCUT2D eigenvalue weighted by molar-refractivity contribution is 0.0984. The Hall–Kier alpha value is -3.16. The fourth-order valence-corrected chi connectivity index (χ4v) is 4.31. The first-order chi connectivity index (χ1) is 14.6. The molecule has 0 aliphatic carbocycles. The van der Waals surface area contributed by atoms with Crippen molar-refractivity contribution in [1.82, 2.24) is 9.97 Å². The SMILES string of the molecule is COc1ccc(C(=O)N(Cc2cccnc2)c2nc3c(Cl)cccc3s2)cc1OC. The quantitative estimate of drug-likeness (QED) is 0.412. The second kappa shape index (κ2) is 8.69. The summed E-state index contributed by atoms with van der Waals surface area (Å²) in [7, 11) is 3.09. The number of hydrogen-bond acceptors (Lipinski definition) is 6. The number of methoxy groups -OCH3 is 2. The van der Waals surface area contributed by atoms with E-state index >= 15 is 0 Å². The molecule has 0 saturated carbocycles. The van der Waals surface area contributed by atoms with Gasteiger partial charge in [0.15, 0.2) is 16.6 Å².